The molecule has 1 aromatic rings. The van der Waals surface area contributed by atoms with Crippen molar-refractivity contribution >= 4 is 17.9 Å². The molecule has 38 heavy (non-hydrogen) atoms. The van der Waals surface area contributed by atoms with Crippen molar-refractivity contribution in [1.82, 2.24) is 10.0 Å². The summed E-state index contributed by atoms with van der Waals surface area (Å²) < 4.78 is 0.559. The van der Waals surface area contributed by atoms with E-state index in [0.717, 1.165) is 64.4 Å². The van der Waals surface area contributed by atoms with Gasteiger partial charge in [-0.2, -0.15) is 10.0 Å². The molecule has 2 N–H and O–H groups in total. The van der Waals surface area contributed by atoms with Gasteiger partial charge in [-0.05, 0) is 117 Å². The molecule has 5 aliphatic rings. The molecular formula is C33H45N2O3+. The van der Waals surface area contributed by atoms with Crippen molar-refractivity contribution in [3.8, 4) is 0 Å². The van der Waals surface area contributed by atoms with Crippen LogP contribution in [-0.4, -0.2) is 37.0 Å². The van der Waals surface area contributed by atoms with Gasteiger partial charge in [0.25, 0.3) is 6.41 Å². The summed E-state index contributed by atoms with van der Waals surface area (Å²) in [5, 5.41) is 9.60. The van der Waals surface area contributed by atoms with Gasteiger partial charge >= 0.3 is 0 Å². The first-order valence-corrected chi connectivity index (χ1v) is 15.3. The van der Waals surface area contributed by atoms with Crippen molar-refractivity contribution in [2.75, 3.05) is 19.7 Å². The summed E-state index contributed by atoms with van der Waals surface area (Å²) in [5.74, 6) is 2.67. The molecule has 0 aromatic heterocycles. The van der Waals surface area contributed by atoms with Crippen LogP contribution in [0.1, 0.15) is 95.5 Å². The van der Waals surface area contributed by atoms with Gasteiger partial charge in [0.2, 0.25) is 0 Å². The third kappa shape index (κ3) is 4.30. The maximum absolute atomic E-state index is 12.3. The predicted octanol–water partition coefficient (Wildman–Crippen LogP) is 6.13. The van der Waals surface area contributed by atoms with Crippen LogP contribution in [0.2, 0.25) is 0 Å². The number of nitrogens with one attached hydrogen (secondary N) is 1. The standard InChI is InChI=1S/C33H44N2O3/c1-33-21-30(23-7-11-26(12-8-23)35(34-22-37)17-3-2-4-18-35)32-28-15-13-27(38)20-24(28)9-14-29(32)31(33)16-10-25(33)6-5-19-36/h7-8,11-12,20,22,25,29-31,36H,2-6,9-10,13-19,21H2,1H3/p+1/t25-,29-,30+,31-,33+/m0/s1. The highest BCUT2D eigenvalue weighted by atomic mass is 16.3. The molecule has 0 unspecified atom stereocenters. The molecule has 4 aliphatic carbocycles. The minimum atomic E-state index is 0.290. The number of carbonyl (C=O) groups excluding carboxylic acids is 2. The van der Waals surface area contributed by atoms with E-state index in [1.54, 1.807) is 5.57 Å². The van der Waals surface area contributed by atoms with Crippen LogP contribution in [-0.2, 0) is 9.59 Å². The number of rotatable bonds is 7. The molecule has 1 aliphatic heterocycles. The molecule has 0 bridgehead atoms. The van der Waals surface area contributed by atoms with Crippen LogP contribution in [0.5, 0.6) is 0 Å². The van der Waals surface area contributed by atoms with Crippen LogP contribution >= 0.6 is 0 Å². The maximum Gasteiger partial charge on any atom is 0.253 e. The number of amides is 1. The fraction of sp³-hybridized carbons (Fsp3) is 0.636. The van der Waals surface area contributed by atoms with Crippen LogP contribution in [0.3, 0.4) is 0 Å². The van der Waals surface area contributed by atoms with Gasteiger partial charge < -0.3 is 5.11 Å². The second kappa shape index (κ2) is 10.4. The third-order valence-corrected chi connectivity index (χ3v) is 11.3. The van der Waals surface area contributed by atoms with E-state index in [0.29, 0.717) is 45.9 Å². The average molecular weight is 518 g/mol. The molecule has 6 rings (SSSR count). The van der Waals surface area contributed by atoms with Gasteiger partial charge in [-0.15, -0.1) is 0 Å². The van der Waals surface area contributed by atoms with E-state index in [2.05, 4.69) is 36.6 Å². The molecule has 0 spiro atoms. The van der Waals surface area contributed by atoms with Crippen molar-refractivity contribution in [3.05, 3.63) is 52.6 Å². The van der Waals surface area contributed by atoms with Gasteiger partial charge in [-0.1, -0.05) is 24.6 Å². The van der Waals surface area contributed by atoms with E-state index in [4.69, 9.17) is 0 Å². The number of ketones is 1. The van der Waals surface area contributed by atoms with Crippen molar-refractivity contribution in [3.63, 3.8) is 0 Å². The van der Waals surface area contributed by atoms with E-state index in [1.165, 1.54) is 48.1 Å². The highest BCUT2D eigenvalue weighted by molar-refractivity contribution is 5.93. The summed E-state index contributed by atoms with van der Waals surface area (Å²) in [5.41, 5.74) is 10.5. The lowest BCUT2D eigenvalue weighted by atomic mass is 9.51. The summed E-state index contributed by atoms with van der Waals surface area (Å²) in [6, 6.07) is 9.24. The smallest absolute Gasteiger partial charge is 0.253 e. The number of aliphatic hydroxyl groups excluding tert-OH is 1. The molecule has 5 atom stereocenters. The number of allylic oxidation sites excluding steroid dienone is 4. The van der Waals surface area contributed by atoms with E-state index >= 15 is 0 Å². The number of carbonyl (C=O) groups is 2. The van der Waals surface area contributed by atoms with Crippen LogP contribution < -0.4 is 10.0 Å². The normalized spacial score (nSPS) is 34.2. The van der Waals surface area contributed by atoms with Crippen molar-refractivity contribution in [1.29, 1.82) is 0 Å². The van der Waals surface area contributed by atoms with E-state index in [1.807, 2.05) is 6.08 Å². The number of quaternary nitrogens is 1. The van der Waals surface area contributed by atoms with Crippen molar-refractivity contribution in [2.45, 2.75) is 89.9 Å². The Morgan fingerprint density at radius 2 is 1.84 bits per heavy atom. The molecule has 204 valence electrons. The molecule has 0 radical (unpaired) electrons. The highest BCUT2D eigenvalue weighted by Crippen LogP contribution is 2.66. The number of nitrogens with zero attached hydrogens (tertiary/aromatic N) is 1. The van der Waals surface area contributed by atoms with Gasteiger partial charge in [-0.25, -0.2) is 0 Å². The fourth-order valence-corrected chi connectivity index (χ4v) is 9.48. The lowest BCUT2D eigenvalue weighted by molar-refractivity contribution is -0.115. The van der Waals surface area contributed by atoms with E-state index in [9.17, 15) is 14.7 Å². The summed E-state index contributed by atoms with van der Waals surface area (Å²) >= 11 is 0. The molecule has 1 heterocycles. The zero-order valence-corrected chi connectivity index (χ0v) is 23.1. The van der Waals surface area contributed by atoms with Crippen LogP contribution in [0, 0.1) is 23.2 Å². The highest BCUT2D eigenvalue weighted by Gasteiger charge is 2.56. The summed E-state index contributed by atoms with van der Waals surface area (Å²) in [6.07, 6.45) is 15.9. The average Bonchev–Trinajstić information content (AvgIpc) is 3.27. The molecule has 1 aromatic carbocycles. The molecule has 2 saturated carbocycles. The molecule has 1 amide bonds. The number of aliphatic hydroxyl groups is 1. The first kappa shape index (κ1) is 26.0. The minimum Gasteiger partial charge on any atom is -0.396 e. The van der Waals surface area contributed by atoms with Crippen LogP contribution in [0.4, 0.5) is 5.69 Å². The Kier molecular flexibility index (Phi) is 7.11. The zero-order chi connectivity index (χ0) is 26.3. The van der Waals surface area contributed by atoms with Gasteiger partial charge in [0, 0.05) is 31.1 Å². The summed E-state index contributed by atoms with van der Waals surface area (Å²) in [4.78, 5) is 23.9. The molecule has 5 nitrogen and oxygen atoms in total. The first-order valence-electron chi connectivity index (χ1n) is 15.3. The Bertz CT molecular complexity index is 1130. The number of hydrogen-bond donors (Lipinski definition) is 2. The Morgan fingerprint density at radius 3 is 2.58 bits per heavy atom. The quantitative estimate of drug-likeness (QED) is 0.338. The molecule has 3 fully saturated rings. The monoisotopic (exact) mass is 517 g/mol. The number of hydrogen-bond acceptors (Lipinski definition) is 3. The maximum atomic E-state index is 12.3. The Balaban J connectivity index is 1.40. The van der Waals surface area contributed by atoms with Crippen molar-refractivity contribution in [2.24, 2.45) is 23.2 Å². The second-order valence-corrected chi connectivity index (χ2v) is 13.0. The van der Waals surface area contributed by atoms with E-state index < -0.39 is 0 Å². The Labute approximate surface area is 227 Å². The number of fused-ring (bicyclic) bond motifs is 4. The number of benzene rings is 1. The molecule has 1 saturated heterocycles. The van der Waals surface area contributed by atoms with Gasteiger partial charge in [0.05, 0.1) is 0 Å². The SMILES string of the molecule is C[C@]12C[C@H](c3ccc([N+]4(NC=O)CCCCC4)cc3)C3=C4CCC(=O)C=C4CC[C@H]3[C@@H]1CC[C@@H]2CCCO. The Morgan fingerprint density at radius 1 is 1.05 bits per heavy atom. The topological polar surface area (TPSA) is 66.4 Å². The van der Waals surface area contributed by atoms with Crippen LogP contribution in [0.25, 0.3) is 0 Å². The third-order valence-electron chi connectivity index (χ3n) is 11.3. The zero-order valence-electron chi connectivity index (χ0n) is 23.1. The lowest BCUT2D eigenvalue weighted by Crippen LogP contribution is -2.61. The van der Waals surface area contributed by atoms with Gasteiger partial charge in [0.1, 0.15) is 13.1 Å². The minimum absolute atomic E-state index is 0.290. The van der Waals surface area contributed by atoms with Gasteiger partial charge in [-0.3, -0.25) is 9.59 Å². The Hall–Kier alpha value is -2.24. The first-order chi connectivity index (χ1) is 18.5. The van der Waals surface area contributed by atoms with Gasteiger partial charge in [0.15, 0.2) is 11.5 Å². The van der Waals surface area contributed by atoms with Crippen molar-refractivity contribution < 1.29 is 14.7 Å². The summed E-state index contributed by atoms with van der Waals surface area (Å²) in [7, 11) is 0. The second-order valence-electron chi connectivity index (χ2n) is 13.0. The molecular weight excluding hydrogens is 472 g/mol. The summed E-state index contributed by atoms with van der Waals surface area (Å²) in [6.45, 7) is 4.76. The van der Waals surface area contributed by atoms with E-state index in [-0.39, 0.29) is 6.61 Å². The largest absolute Gasteiger partial charge is 0.396 e. The number of piperidine rings is 1. The fourth-order valence-electron chi connectivity index (χ4n) is 9.48. The lowest BCUT2D eigenvalue weighted by Gasteiger charge is -2.53. The predicted molar refractivity (Wildman–Crippen MR) is 151 cm³/mol. The van der Waals surface area contributed by atoms with Crippen LogP contribution in [0.15, 0.2) is 47.1 Å². The molecule has 5 heteroatoms.